The Morgan fingerprint density at radius 1 is 0.556 bits per heavy atom. The Balaban J connectivity index is 0.000000249. The van der Waals surface area contributed by atoms with Gasteiger partial charge in [0.25, 0.3) is 0 Å². The summed E-state index contributed by atoms with van der Waals surface area (Å²) in [7, 11) is 5.00. The minimum Gasteiger partial charge on any atom is -0.376 e. The van der Waals surface area contributed by atoms with Crippen molar-refractivity contribution in [1.29, 1.82) is 0 Å². The Morgan fingerprint density at radius 2 is 1.11 bits per heavy atom. The molecule has 0 aromatic heterocycles. The summed E-state index contributed by atoms with van der Waals surface area (Å²) in [6, 6.07) is 30.6. The van der Waals surface area contributed by atoms with Crippen LogP contribution in [0.2, 0.25) is 0 Å². The summed E-state index contributed by atoms with van der Waals surface area (Å²) in [6.45, 7) is 12.8. The fraction of sp³-hybridized carbons (Fsp3) is 0.545. The molecule has 0 spiro atoms. The molecule has 10 heteroatoms. The molecule has 3 heterocycles. The van der Waals surface area contributed by atoms with E-state index in [0.717, 1.165) is 35.1 Å². The molecule has 3 aromatic rings. The van der Waals surface area contributed by atoms with E-state index in [-0.39, 0.29) is 54.7 Å². The standard InChI is InChI=1S/C30H36O5.C14H24O5/c1-3-26-27(22-32-19-23-13-7-4-8-14-23)35-30(31-2)29(34-21-25-17-11-6-12-18-25)28(26)33-20-24-15-9-5-10-16-24;1-6-9-11(15-4)12(16-5)13-10(18-9)8(3)14(19-13)17-7-2/h4-18,26-30H,3,19-22H2,1-2H3;9-14H,3,6-7H2,1-2,4-5H3. The van der Waals surface area contributed by atoms with Crippen LogP contribution >= 0.6 is 0 Å². The van der Waals surface area contributed by atoms with E-state index in [2.05, 4.69) is 56.8 Å². The molecule has 3 saturated heterocycles. The summed E-state index contributed by atoms with van der Waals surface area (Å²) < 4.78 is 59.9. The van der Waals surface area contributed by atoms with Crippen LogP contribution in [0, 0.1) is 5.92 Å². The highest BCUT2D eigenvalue weighted by Gasteiger charge is 2.53. The lowest BCUT2D eigenvalue weighted by Crippen LogP contribution is -2.57. The van der Waals surface area contributed by atoms with Crippen molar-refractivity contribution in [1.82, 2.24) is 0 Å². The van der Waals surface area contributed by atoms with Gasteiger partial charge < -0.3 is 47.4 Å². The second-order valence-electron chi connectivity index (χ2n) is 13.7. The topological polar surface area (TPSA) is 92.3 Å². The summed E-state index contributed by atoms with van der Waals surface area (Å²) in [5.41, 5.74) is 4.20. The highest BCUT2D eigenvalue weighted by atomic mass is 16.7. The third-order valence-electron chi connectivity index (χ3n) is 10.3. The SMILES string of the molecule is C=C1C(OCC)OC2C1OC(CC)C(OC)C2OC.CCC1C(COCc2ccccc2)OC(OC)C(OCc2ccccc2)C1OCc1ccccc1. The molecule has 3 fully saturated rings. The molecule has 0 radical (unpaired) electrons. The highest BCUT2D eigenvalue weighted by Crippen LogP contribution is 2.39. The fourth-order valence-corrected chi connectivity index (χ4v) is 7.51. The molecule has 0 aliphatic carbocycles. The first-order valence-electron chi connectivity index (χ1n) is 19.2. The van der Waals surface area contributed by atoms with Crippen LogP contribution in [0.25, 0.3) is 0 Å². The van der Waals surface area contributed by atoms with Crippen LogP contribution in [0.1, 0.15) is 50.3 Å². The van der Waals surface area contributed by atoms with E-state index >= 15 is 0 Å². The molecule has 10 nitrogen and oxygen atoms in total. The largest absolute Gasteiger partial charge is 0.376 e. The monoisotopic (exact) mass is 748 g/mol. The van der Waals surface area contributed by atoms with Crippen LogP contribution in [0.4, 0.5) is 0 Å². The van der Waals surface area contributed by atoms with E-state index in [0.29, 0.717) is 33.0 Å². The molecule has 3 aromatic carbocycles. The Labute approximate surface area is 321 Å². The molecule has 11 atom stereocenters. The normalized spacial score (nSPS) is 30.7. The lowest BCUT2D eigenvalue weighted by atomic mass is 9.86. The number of rotatable bonds is 17. The van der Waals surface area contributed by atoms with Gasteiger partial charge in [0.15, 0.2) is 12.6 Å². The van der Waals surface area contributed by atoms with Crippen molar-refractivity contribution in [2.45, 2.75) is 115 Å². The third-order valence-corrected chi connectivity index (χ3v) is 10.3. The first-order valence-corrected chi connectivity index (χ1v) is 19.2. The maximum atomic E-state index is 6.56. The van der Waals surface area contributed by atoms with E-state index in [4.69, 9.17) is 47.4 Å². The average Bonchev–Trinajstić information content (AvgIpc) is 3.53. The maximum absolute atomic E-state index is 6.56. The van der Waals surface area contributed by atoms with Crippen molar-refractivity contribution in [3.63, 3.8) is 0 Å². The average molecular weight is 749 g/mol. The van der Waals surface area contributed by atoms with Crippen LogP contribution in [0.5, 0.6) is 0 Å². The Bertz CT molecular complexity index is 1480. The Morgan fingerprint density at radius 3 is 1.61 bits per heavy atom. The van der Waals surface area contributed by atoms with E-state index in [1.54, 1.807) is 21.3 Å². The van der Waals surface area contributed by atoms with E-state index in [1.165, 1.54) is 0 Å². The third kappa shape index (κ3) is 10.9. The lowest BCUT2D eigenvalue weighted by molar-refractivity contribution is -0.305. The summed E-state index contributed by atoms with van der Waals surface area (Å²) in [5, 5.41) is 0. The zero-order valence-electron chi connectivity index (χ0n) is 32.8. The van der Waals surface area contributed by atoms with E-state index < -0.39 is 12.6 Å². The zero-order valence-corrected chi connectivity index (χ0v) is 32.8. The van der Waals surface area contributed by atoms with Gasteiger partial charge in [-0.15, -0.1) is 0 Å². The smallest absolute Gasteiger partial charge is 0.186 e. The van der Waals surface area contributed by atoms with Crippen molar-refractivity contribution < 1.29 is 47.4 Å². The number of fused-ring (bicyclic) bond motifs is 1. The minimum absolute atomic E-state index is 0.0167. The maximum Gasteiger partial charge on any atom is 0.186 e. The van der Waals surface area contributed by atoms with Gasteiger partial charge in [-0.2, -0.15) is 0 Å². The Kier molecular flexibility index (Phi) is 17.1. The molecule has 296 valence electrons. The second kappa shape index (κ2) is 21.9. The van der Waals surface area contributed by atoms with Gasteiger partial charge in [0, 0.05) is 39.4 Å². The molecule has 3 aliphatic rings. The van der Waals surface area contributed by atoms with Crippen molar-refractivity contribution in [2.24, 2.45) is 5.92 Å². The minimum atomic E-state index is -0.549. The quantitative estimate of drug-likeness (QED) is 0.131. The van der Waals surface area contributed by atoms with Gasteiger partial charge in [0.1, 0.15) is 30.5 Å². The van der Waals surface area contributed by atoms with E-state index in [1.807, 2.05) is 61.5 Å². The van der Waals surface area contributed by atoms with Gasteiger partial charge in [0.2, 0.25) is 0 Å². The van der Waals surface area contributed by atoms with E-state index in [9.17, 15) is 0 Å². The molecule has 54 heavy (non-hydrogen) atoms. The predicted octanol–water partition coefficient (Wildman–Crippen LogP) is 7.28. The van der Waals surface area contributed by atoms with Gasteiger partial charge in [-0.05, 0) is 36.5 Å². The summed E-state index contributed by atoms with van der Waals surface area (Å²) in [6.07, 6.45) is -0.678. The van der Waals surface area contributed by atoms with Gasteiger partial charge >= 0.3 is 0 Å². The van der Waals surface area contributed by atoms with Crippen LogP contribution in [0.15, 0.2) is 103 Å². The van der Waals surface area contributed by atoms with Gasteiger partial charge in [-0.25, -0.2) is 0 Å². The second-order valence-corrected chi connectivity index (χ2v) is 13.7. The number of hydrogen-bond donors (Lipinski definition) is 0. The number of hydrogen-bond acceptors (Lipinski definition) is 10. The lowest BCUT2D eigenvalue weighted by Gasteiger charge is -2.45. The van der Waals surface area contributed by atoms with Gasteiger partial charge in [-0.3, -0.25) is 0 Å². The molecule has 0 saturated carbocycles. The van der Waals surface area contributed by atoms with Crippen LogP contribution in [-0.2, 0) is 67.2 Å². The van der Waals surface area contributed by atoms with Crippen LogP contribution in [-0.4, -0.2) is 96.0 Å². The van der Waals surface area contributed by atoms with Crippen LogP contribution < -0.4 is 0 Å². The number of ether oxygens (including phenoxy) is 10. The first-order chi connectivity index (χ1) is 26.5. The summed E-state index contributed by atoms with van der Waals surface area (Å²) >= 11 is 0. The molecule has 6 rings (SSSR count). The van der Waals surface area contributed by atoms with Crippen LogP contribution in [0.3, 0.4) is 0 Å². The van der Waals surface area contributed by atoms with Crippen molar-refractivity contribution in [2.75, 3.05) is 34.5 Å². The molecular formula is C44H60O10. The molecule has 0 bridgehead atoms. The predicted molar refractivity (Wildman–Crippen MR) is 206 cm³/mol. The number of benzene rings is 3. The molecule has 0 amide bonds. The van der Waals surface area contributed by atoms with Gasteiger partial charge in [0.05, 0.1) is 44.7 Å². The zero-order chi connectivity index (χ0) is 38.3. The van der Waals surface area contributed by atoms with Gasteiger partial charge in [-0.1, -0.05) is 111 Å². The molecule has 3 aliphatic heterocycles. The molecule has 11 unspecified atom stereocenters. The molecule has 0 N–H and O–H groups in total. The molecular weight excluding hydrogens is 688 g/mol. The summed E-state index contributed by atoms with van der Waals surface area (Å²) in [4.78, 5) is 0. The highest BCUT2D eigenvalue weighted by molar-refractivity contribution is 5.19. The van der Waals surface area contributed by atoms with Crippen molar-refractivity contribution in [3.8, 4) is 0 Å². The fourth-order valence-electron chi connectivity index (χ4n) is 7.51. The summed E-state index contributed by atoms with van der Waals surface area (Å²) in [5.74, 6) is 0.0988. The Hall–Kier alpha value is -3.00. The number of methoxy groups -OCH3 is 3. The van der Waals surface area contributed by atoms with Crippen molar-refractivity contribution in [3.05, 3.63) is 120 Å². The van der Waals surface area contributed by atoms with Crippen molar-refractivity contribution >= 4 is 0 Å². The first kappa shape index (κ1) is 42.1.